The van der Waals surface area contributed by atoms with E-state index in [1.54, 1.807) is 24.3 Å². The first kappa shape index (κ1) is 17.5. The molecule has 3 aromatic rings. The molecular formula is C15H15ClN8O2. The molecule has 26 heavy (non-hydrogen) atoms. The first-order valence-corrected chi connectivity index (χ1v) is 8.10. The van der Waals surface area contributed by atoms with Crippen molar-refractivity contribution in [1.82, 2.24) is 30.7 Å². The van der Waals surface area contributed by atoms with Crippen LogP contribution >= 0.6 is 11.6 Å². The van der Waals surface area contributed by atoms with Crippen LogP contribution in [0.25, 0.3) is 5.82 Å². The normalized spacial score (nSPS) is 11.2. The van der Waals surface area contributed by atoms with Crippen LogP contribution in [0.2, 0.25) is 5.02 Å². The summed E-state index contributed by atoms with van der Waals surface area (Å²) in [5.41, 5.74) is 9.51. The van der Waals surface area contributed by atoms with Gasteiger partial charge in [-0.1, -0.05) is 42.3 Å². The molecule has 0 fully saturated rings. The third kappa shape index (κ3) is 3.70. The molecule has 2 aromatic heterocycles. The Kier molecular flexibility index (Phi) is 5.23. The molecule has 1 amide bonds. The van der Waals surface area contributed by atoms with Crippen molar-refractivity contribution in [1.29, 1.82) is 0 Å². The zero-order chi connectivity index (χ0) is 18.5. The monoisotopic (exact) mass is 374 g/mol. The molecule has 2 heterocycles. The zero-order valence-electron chi connectivity index (χ0n) is 13.8. The van der Waals surface area contributed by atoms with Gasteiger partial charge in [-0.2, -0.15) is 9.78 Å². The number of anilines is 1. The minimum Gasteiger partial charge on any atom is -0.378 e. The van der Waals surface area contributed by atoms with Gasteiger partial charge in [-0.25, -0.2) is 10.1 Å². The summed E-state index contributed by atoms with van der Waals surface area (Å²) in [6.07, 6.45) is 2.76. The SMILES string of the molecule is CCCc1c(C(=O)N/N=C/c2cccc(Cl)c2)nnn1-c1nonc1N. The number of carbonyl (C=O) groups is 1. The van der Waals surface area contributed by atoms with Crippen LogP contribution in [-0.4, -0.2) is 37.4 Å². The molecule has 1 aromatic carbocycles. The molecule has 0 aliphatic heterocycles. The Bertz CT molecular complexity index is 949. The van der Waals surface area contributed by atoms with Gasteiger partial charge in [0.2, 0.25) is 11.6 Å². The van der Waals surface area contributed by atoms with Crippen molar-refractivity contribution in [3.05, 3.63) is 46.2 Å². The summed E-state index contributed by atoms with van der Waals surface area (Å²) in [5.74, 6) is -0.270. The third-order valence-electron chi connectivity index (χ3n) is 3.39. The van der Waals surface area contributed by atoms with Gasteiger partial charge >= 0.3 is 0 Å². The fourth-order valence-electron chi connectivity index (χ4n) is 2.25. The number of carbonyl (C=O) groups excluding carboxylic acids is 1. The molecule has 3 N–H and O–H groups in total. The lowest BCUT2D eigenvalue weighted by molar-refractivity contribution is 0.0949. The second-order valence-corrected chi connectivity index (χ2v) is 5.71. The Labute approximate surface area is 153 Å². The van der Waals surface area contributed by atoms with Gasteiger partial charge < -0.3 is 5.73 Å². The third-order valence-corrected chi connectivity index (χ3v) is 3.62. The molecule has 134 valence electrons. The highest BCUT2D eigenvalue weighted by atomic mass is 35.5. The molecule has 0 unspecified atom stereocenters. The summed E-state index contributed by atoms with van der Waals surface area (Å²) in [6.45, 7) is 1.96. The van der Waals surface area contributed by atoms with Gasteiger partial charge in [-0.15, -0.1) is 5.10 Å². The van der Waals surface area contributed by atoms with Crippen molar-refractivity contribution in [2.24, 2.45) is 5.10 Å². The summed E-state index contributed by atoms with van der Waals surface area (Å²) in [4.78, 5) is 12.4. The van der Waals surface area contributed by atoms with Gasteiger partial charge in [0.25, 0.3) is 5.91 Å². The fraction of sp³-hybridized carbons (Fsp3) is 0.200. The summed E-state index contributed by atoms with van der Waals surface area (Å²) in [5, 5.41) is 19.5. The number of halogens is 1. The molecule has 0 saturated carbocycles. The number of hydrogen-bond donors (Lipinski definition) is 2. The minimum absolute atomic E-state index is 0.0539. The first-order chi connectivity index (χ1) is 12.6. The maximum Gasteiger partial charge on any atom is 0.293 e. The lowest BCUT2D eigenvalue weighted by Crippen LogP contribution is -2.20. The fourth-order valence-corrected chi connectivity index (χ4v) is 2.45. The van der Waals surface area contributed by atoms with Crippen molar-refractivity contribution in [3.63, 3.8) is 0 Å². The summed E-state index contributed by atoms with van der Waals surface area (Å²) >= 11 is 5.90. The molecule has 0 bridgehead atoms. The van der Waals surface area contributed by atoms with Crippen molar-refractivity contribution in [2.45, 2.75) is 19.8 Å². The largest absolute Gasteiger partial charge is 0.378 e. The van der Waals surface area contributed by atoms with E-state index >= 15 is 0 Å². The molecule has 0 aliphatic rings. The Balaban J connectivity index is 1.81. The quantitative estimate of drug-likeness (QED) is 0.493. The van der Waals surface area contributed by atoms with Crippen LogP contribution in [0.4, 0.5) is 5.82 Å². The van der Waals surface area contributed by atoms with E-state index in [1.165, 1.54) is 10.9 Å². The van der Waals surface area contributed by atoms with Crippen molar-refractivity contribution in [3.8, 4) is 5.82 Å². The number of hydrazone groups is 1. The lowest BCUT2D eigenvalue weighted by atomic mass is 10.2. The number of aromatic nitrogens is 5. The number of benzene rings is 1. The van der Waals surface area contributed by atoms with Crippen molar-refractivity contribution < 1.29 is 9.42 Å². The van der Waals surface area contributed by atoms with E-state index in [2.05, 4.69) is 35.8 Å². The van der Waals surface area contributed by atoms with E-state index in [4.69, 9.17) is 17.3 Å². The van der Waals surface area contributed by atoms with E-state index in [0.29, 0.717) is 17.1 Å². The first-order valence-electron chi connectivity index (χ1n) is 7.72. The van der Waals surface area contributed by atoms with E-state index < -0.39 is 5.91 Å². The number of nitrogens with zero attached hydrogens (tertiary/aromatic N) is 6. The molecule has 0 radical (unpaired) electrons. The van der Waals surface area contributed by atoms with Crippen LogP contribution in [0.1, 0.15) is 35.1 Å². The number of nitrogens with two attached hydrogens (primary N) is 1. The van der Waals surface area contributed by atoms with E-state index in [9.17, 15) is 4.79 Å². The number of nitrogen functional groups attached to an aromatic ring is 1. The maximum atomic E-state index is 12.4. The Morgan fingerprint density at radius 3 is 3.00 bits per heavy atom. The van der Waals surface area contributed by atoms with Crippen LogP contribution < -0.4 is 11.2 Å². The summed E-state index contributed by atoms with van der Waals surface area (Å²) in [6, 6.07) is 7.06. The molecule has 0 saturated heterocycles. The highest BCUT2D eigenvalue weighted by Crippen LogP contribution is 2.17. The Morgan fingerprint density at radius 2 is 2.31 bits per heavy atom. The zero-order valence-corrected chi connectivity index (χ0v) is 14.5. The highest BCUT2D eigenvalue weighted by Gasteiger charge is 2.23. The van der Waals surface area contributed by atoms with Gasteiger partial charge in [-0.05, 0) is 34.4 Å². The molecule has 0 spiro atoms. The van der Waals surface area contributed by atoms with Gasteiger partial charge in [0.05, 0.1) is 11.9 Å². The number of rotatable bonds is 6. The molecular weight excluding hydrogens is 360 g/mol. The van der Waals surface area contributed by atoms with E-state index in [0.717, 1.165) is 12.0 Å². The lowest BCUT2D eigenvalue weighted by Gasteiger charge is -2.03. The molecule has 0 aliphatic carbocycles. The van der Waals surface area contributed by atoms with Crippen molar-refractivity contribution in [2.75, 3.05) is 5.73 Å². The standard InChI is InChI=1S/C15H15ClN8O2/c1-2-4-11-12(19-23-24(11)14-13(17)21-26-22-14)15(25)20-18-8-9-5-3-6-10(16)7-9/h3,5-8H,2,4H2,1H3,(H2,17,21)(H,20,25)/b18-8+. The predicted molar refractivity (Wildman–Crippen MR) is 94.1 cm³/mol. The molecule has 3 rings (SSSR count). The summed E-state index contributed by atoms with van der Waals surface area (Å²) < 4.78 is 5.92. The second-order valence-electron chi connectivity index (χ2n) is 5.27. The topological polar surface area (TPSA) is 137 Å². The van der Waals surface area contributed by atoms with Gasteiger partial charge in [0, 0.05) is 5.02 Å². The Morgan fingerprint density at radius 1 is 1.46 bits per heavy atom. The average Bonchev–Trinajstić information content (AvgIpc) is 3.21. The van der Waals surface area contributed by atoms with Crippen LogP contribution in [0.3, 0.4) is 0 Å². The van der Waals surface area contributed by atoms with Crippen molar-refractivity contribution >= 4 is 29.5 Å². The average molecular weight is 375 g/mol. The predicted octanol–water partition coefficient (Wildman–Crippen LogP) is 1.60. The van der Waals surface area contributed by atoms with Gasteiger partial charge in [0.15, 0.2) is 5.69 Å². The maximum absolute atomic E-state index is 12.4. The van der Waals surface area contributed by atoms with Crippen LogP contribution in [0.15, 0.2) is 34.0 Å². The smallest absolute Gasteiger partial charge is 0.293 e. The highest BCUT2D eigenvalue weighted by molar-refractivity contribution is 6.30. The summed E-state index contributed by atoms with van der Waals surface area (Å²) in [7, 11) is 0. The van der Waals surface area contributed by atoms with E-state index in [-0.39, 0.29) is 17.3 Å². The van der Waals surface area contributed by atoms with Gasteiger partial charge in [-0.3, -0.25) is 4.79 Å². The minimum atomic E-state index is -0.506. The number of hydrogen-bond acceptors (Lipinski definition) is 8. The number of nitrogens with one attached hydrogen (secondary N) is 1. The van der Waals surface area contributed by atoms with E-state index in [1.807, 2.05) is 6.92 Å². The van der Waals surface area contributed by atoms with Gasteiger partial charge in [0.1, 0.15) is 0 Å². The van der Waals surface area contributed by atoms with Crippen LogP contribution in [-0.2, 0) is 6.42 Å². The molecule has 0 atom stereocenters. The Hall–Kier alpha value is -3.27. The van der Waals surface area contributed by atoms with Crippen LogP contribution in [0.5, 0.6) is 0 Å². The molecule has 11 heteroatoms. The number of amides is 1. The molecule has 10 nitrogen and oxygen atoms in total. The second kappa shape index (κ2) is 7.74. The van der Waals surface area contributed by atoms with Crippen LogP contribution in [0, 0.1) is 0 Å².